The fourth-order valence-electron chi connectivity index (χ4n) is 4.46. The summed E-state index contributed by atoms with van der Waals surface area (Å²) in [5.74, 6) is -0.837. The molecule has 2 N–H and O–H groups in total. The lowest BCUT2D eigenvalue weighted by atomic mass is 9.94. The Kier molecular flexibility index (Phi) is 7.90. The molecular formula is C30H31NO7. The van der Waals surface area contributed by atoms with E-state index in [1.54, 1.807) is 54.6 Å². The van der Waals surface area contributed by atoms with Crippen LogP contribution in [0.4, 0.5) is 5.69 Å². The summed E-state index contributed by atoms with van der Waals surface area (Å²) in [5.41, 5.74) is 1.65. The van der Waals surface area contributed by atoms with E-state index in [0.29, 0.717) is 41.6 Å². The molecule has 1 fully saturated rings. The number of carbonyl (C=O) groups excluding carboxylic acids is 2. The molecule has 0 saturated carbocycles. The van der Waals surface area contributed by atoms with Crippen molar-refractivity contribution >= 4 is 23.1 Å². The normalized spacial score (nSPS) is 16.5. The highest BCUT2D eigenvalue weighted by Crippen LogP contribution is 2.46. The second-order valence-electron chi connectivity index (χ2n) is 8.88. The lowest BCUT2D eigenvalue weighted by Crippen LogP contribution is -2.29. The lowest BCUT2D eigenvalue weighted by molar-refractivity contribution is -0.132. The SMILES string of the molecule is CCCOc1cccc(/C(O)=C2/C(=O)C(=O)N(c3cc(C)ccc3O)C2c2ccc(OC)c(OCC)c2)c1. The predicted octanol–water partition coefficient (Wildman–Crippen LogP) is 5.52. The summed E-state index contributed by atoms with van der Waals surface area (Å²) in [6, 6.07) is 15.5. The van der Waals surface area contributed by atoms with Gasteiger partial charge in [0.2, 0.25) is 0 Å². The van der Waals surface area contributed by atoms with E-state index in [1.807, 2.05) is 20.8 Å². The Bertz CT molecular complexity index is 1400. The van der Waals surface area contributed by atoms with Crippen molar-refractivity contribution in [3.63, 3.8) is 0 Å². The largest absolute Gasteiger partial charge is 0.507 e. The molecule has 1 atom stereocenters. The summed E-state index contributed by atoms with van der Waals surface area (Å²) in [6.07, 6.45) is 0.806. The molecule has 3 aromatic rings. The van der Waals surface area contributed by atoms with Crippen LogP contribution in [0, 0.1) is 6.92 Å². The van der Waals surface area contributed by atoms with Crippen LogP contribution in [-0.4, -0.2) is 42.2 Å². The van der Waals surface area contributed by atoms with Gasteiger partial charge in [0, 0.05) is 5.56 Å². The molecule has 1 aliphatic rings. The number of aromatic hydroxyl groups is 1. The van der Waals surface area contributed by atoms with Crippen molar-refractivity contribution in [2.75, 3.05) is 25.2 Å². The van der Waals surface area contributed by atoms with Gasteiger partial charge in [-0.3, -0.25) is 14.5 Å². The monoisotopic (exact) mass is 517 g/mol. The molecule has 8 nitrogen and oxygen atoms in total. The van der Waals surface area contributed by atoms with Crippen LogP contribution in [-0.2, 0) is 9.59 Å². The van der Waals surface area contributed by atoms with Gasteiger partial charge < -0.3 is 24.4 Å². The summed E-state index contributed by atoms with van der Waals surface area (Å²) >= 11 is 0. The number of anilines is 1. The first-order chi connectivity index (χ1) is 18.3. The van der Waals surface area contributed by atoms with Crippen molar-refractivity contribution in [3.8, 4) is 23.0 Å². The average molecular weight is 518 g/mol. The first-order valence-corrected chi connectivity index (χ1v) is 12.4. The Morgan fingerprint density at radius 3 is 2.47 bits per heavy atom. The fourth-order valence-corrected chi connectivity index (χ4v) is 4.46. The molecule has 1 unspecified atom stereocenters. The van der Waals surface area contributed by atoms with Gasteiger partial charge >= 0.3 is 0 Å². The minimum Gasteiger partial charge on any atom is -0.507 e. The Morgan fingerprint density at radius 2 is 1.76 bits per heavy atom. The number of methoxy groups -OCH3 is 1. The van der Waals surface area contributed by atoms with E-state index in [2.05, 4.69) is 0 Å². The molecule has 1 aliphatic heterocycles. The topological polar surface area (TPSA) is 106 Å². The van der Waals surface area contributed by atoms with Gasteiger partial charge in [-0.15, -0.1) is 0 Å². The van der Waals surface area contributed by atoms with Gasteiger partial charge in [0.1, 0.15) is 17.3 Å². The maximum absolute atomic E-state index is 13.5. The van der Waals surface area contributed by atoms with Gasteiger partial charge in [0.25, 0.3) is 11.7 Å². The third-order valence-corrected chi connectivity index (χ3v) is 6.22. The predicted molar refractivity (Wildman–Crippen MR) is 144 cm³/mol. The van der Waals surface area contributed by atoms with Gasteiger partial charge in [0.05, 0.1) is 37.6 Å². The maximum Gasteiger partial charge on any atom is 0.300 e. The van der Waals surface area contributed by atoms with E-state index in [-0.39, 0.29) is 22.8 Å². The standard InChI is InChI=1S/C30H31NO7/c1-5-14-38-21-9-7-8-20(16-21)28(33)26-27(19-11-13-24(36-4)25(17-19)37-6-2)31(30(35)29(26)34)22-15-18(3)10-12-23(22)32/h7-13,15-17,27,32-33H,5-6,14H2,1-4H3/b28-26-. The number of aryl methyl sites for hydroxylation is 1. The number of rotatable bonds is 9. The number of aliphatic hydroxyl groups excluding tert-OH is 1. The first-order valence-electron chi connectivity index (χ1n) is 12.4. The Morgan fingerprint density at radius 1 is 0.974 bits per heavy atom. The first kappa shape index (κ1) is 26.6. The zero-order chi connectivity index (χ0) is 27.4. The molecule has 3 aromatic carbocycles. The second kappa shape index (κ2) is 11.3. The average Bonchev–Trinajstić information content (AvgIpc) is 3.18. The van der Waals surface area contributed by atoms with Gasteiger partial charge in [-0.05, 0) is 67.8 Å². The number of Topliss-reactive ketones (excluding diaryl/α,β-unsaturated/α-hetero) is 1. The van der Waals surface area contributed by atoms with Crippen molar-refractivity contribution in [2.45, 2.75) is 33.2 Å². The third-order valence-electron chi connectivity index (χ3n) is 6.22. The summed E-state index contributed by atoms with van der Waals surface area (Å²) in [7, 11) is 1.52. The van der Waals surface area contributed by atoms with E-state index < -0.39 is 17.7 Å². The minimum atomic E-state index is -1.05. The highest BCUT2D eigenvalue weighted by atomic mass is 16.5. The zero-order valence-corrected chi connectivity index (χ0v) is 21.9. The van der Waals surface area contributed by atoms with Crippen LogP contribution in [0.5, 0.6) is 23.0 Å². The number of hydrogen-bond donors (Lipinski definition) is 2. The Balaban J connectivity index is 1.96. The maximum atomic E-state index is 13.5. The van der Waals surface area contributed by atoms with Crippen LogP contribution in [0.15, 0.2) is 66.2 Å². The molecular weight excluding hydrogens is 486 g/mol. The van der Waals surface area contributed by atoms with E-state index in [1.165, 1.54) is 18.1 Å². The van der Waals surface area contributed by atoms with Gasteiger partial charge in [-0.1, -0.05) is 31.2 Å². The molecule has 0 bridgehead atoms. The van der Waals surface area contributed by atoms with Gasteiger partial charge in [0.15, 0.2) is 11.5 Å². The number of nitrogens with zero attached hydrogens (tertiary/aromatic N) is 1. The van der Waals surface area contributed by atoms with E-state index in [9.17, 15) is 19.8 Å². The number of ketones is 1. The van der Waals surface area contributed by atoms with Crippen molar-refractivity contribution < 1.29 is 34.0 Å². The Hall–Kier alpha value is -4.46. The number of ether oxygens (including phenoxy) is 3. The van der Waals surface area contributed by atoms with E-state index in [0.717, 1.165) is 12.0 Å². The molecule has 1 saturated heterocycles. The highest BCUT2D eigenvalue weighted by molar-refractivity contribution is 6.52. The molecule has 8 heteroatoms. The second-order valence-corrected chi connectivity index (χ2v) is 8.88. The molecule has 0 aliphatic carbocycles. The summed E-state index contributed by atoms with van der Waals surface area (Å²) in [4.78, 5) is 28.2. The Labute approximate surface area is 221 Å². The minimum absolute atomic E-state index is 0.115. The zero-order valence-electron chi connectivity index (χ0n) is 21.9. The van der Waals surface area contributed by atoms with Crippen molar-refractivity contribution in [1.82, 2.24) is 0 Å². The fraction of sp³-hybridized carbons (Fsp3) is 0.267. The molecule has 0 aromatic heterocycles. The smallest absolute Gasteiger partial charge is 0.300 e. The number of hydrogen-bond acceptors (Lipinski definition) is 7. The van der Waals surface area contributed by atoms with Crippen LogP contribution in [0.1, 0.15) is 43.0 Å². The quantitative estimate of drug-likeness (QED) is 0.219. The van der Waals surface area contributed by atoms with Crippen molar-refractivity contribution in [1.29, 1.82) is 0 Å². The van der Waals surface area contributed by atoms with Crippen molar-refractivity contribution in [2.24, 2.45) is 0 Å². The number of phenols is 1. The number of benzene rings is 3. The number of aliphatic hydroxyl groups is 1. The van der Waals surface area contributed by atoms with Crippen molar-refractivity contribution in [3.05, 3.63) is 82.9 Å². The highest BCUT2D eigenvalue weighted by Gasteiger charge is 2.48. The van der Waals surface area contributed by atoms with Crippen LogP contribution < -0.4 is 19.1 Å². The number of carbonyl (C=O) groups is 2. The molecule has 1 amide bonds. The van der Waals surface area contributed by atoms with E-state index >= 15 is 0 Å². The van der Waals surface area contributed by atoms with Crippen LogP contribution in [0.3, 0.4) is 0 Å². The molecule has 1 heterocycles. The molecule has 198 valence electrons. The lowest BCUT2D eigenvalue weighted by Gasteiger charge is -2.27. The molecule has 0 radical (unpaired) electrons. The number of phenolic OH excluding ortho intramolecular Hbond substituents is 1. The molecule has 4 rings (SSSR count). The third kappa shape index (κ3) is 5.02. The van der Waals surface area contributed by atoms with Crippen LogP contribution in [0.25, 0.3) is 5.76 Å². The summed E-state index contributed by atoms with van der Waals surface area (Å²) in [6.45, 7) is 6.49. The summed E-state index contributed by atoms with van der Waals surface area (Å²) < 4.78 is 16.8. The molecule has 38 heavy (non-hydrogen) atoms. The van der Waals surface area contributed by atoms with Crippen LogP contribution in [0.2, 0.25) is 0 Å². The van der Waals surface area contributed by atoms with Gasteiger partial charge in [-0.2, -0.15) is 0 Å². The van der Waals surface area contributed by atoms with E-state index in [4.69, 9.17) is 14.2 Å². The summed E-state index contributed by atoms with van der Waals surface area (Å²) in [5, 5.41) is 22.2. The number of amides is 1. The molecule has 0 spiro atoms. The van der Waals surface area contributed by atoms with Gasteiger partial charge in [-0.25, -0.2) is 0 Å². The van der Waals surface area contributed by atoms with Crippen LogP contribution >= 0.6 is 0 Å².